The molecule has 3 N–H and O–H groups in total. The zero-order valence-corrected chi connectivity index (χ0v) is 21.2. The number of nitrogens with two attached hydrogens (primary N) is 1. The molecule has 10 heteroatoms. The number of halogens is 1. The quantitative estimate of drug-likeness (QED) is 0.290. The van der Waals surface area contributed by atoms with Crippen LogP contribution in [-0.4, -0.2) is 24.5 Å². The first-order valence-electron chi connectivity index (χ1n) is 11.5. The molecule has 0 aliphatic carbocycles. The molecule has 37 heavy (non-hydrogen) atoms. The van der Waals surface area contributed by atoms with E-state index in [1.807, 2.05) is 61.5 Å². The topological polar surface area (TPSA) is 112 Å². The largest absolute Gasteiger partial charge is 0.368 e. The average Bonchev–Trinajstić information content (AvgIpc) is 3.33. The first-order chi connectivity index (χ1) is 18.0. The highest BCUT2D eigenvalue weighted by Crippen LogP contribution is 2.35. The molecule has 1 atom stereocenters. The van der Waals surface area contributed by atoms with Gasteiger partial charge >= 0.3 is 0 Å². The zero-order chi connectivity index (χ0) is 25.5. The monoisotopic (exact) mass is 525 g/mol. The first kappa shape index (κ1) is 23.1. The van der Waals surface area contributed by atoms with E-state index in [4.69, 9.17) is 27.3 Å². The summed E-state index contributed by atoms with van der Waals surface area (Å²) in [5.41, 5.74) is 8.51. The van der Waals surface area contributed by atoms with Crippen LogP contribution < -0.4 is 16.6 Å². The molecule has 3 aromatic heterocycles. The predicted octanol–water partition coefficient (Wildman–Crippen LogP) is 5.86. The number of hydrogen-bond donors (Lipinski definition) is 2. The van der Waals surface area contributed by atoms with Crippen molar-refractivity contribution in [2.24, 2.45) is 0 Å². The lowest BCUT2D eigenvalue weighted by molar-refractivity contribution is 0.731. The maximum absolute atomic E-state index is 13.7. The van der Waals surface area contributed by atoms with Gasteiger partial charge in [-0.1, -0.05) is 48.0 Å². The molecule has 6 aromatic rings. The van der Waals surface area contributed by atoms with E-state index in [1.54, 1.807) is 40.3 Å². The van der Waals surface area contributed by atoms with Crippen molar-refractivity contribution >= 4 is 55.8 Å². The van der Waals surface area contributed by atoms with Crippen LogP contribution in [0.15, 0.2) is 83.8 Å². The van der Waals surface area contributed by atoms with Gasteiger partial charge in [-0.25, -0.2) is 15.0 Å². The van der Waals surface area contributed by atoms with Crippen molar-refractivity contribution in [1.29, 1.82) is 0 Å². The lowest BCUT2D eigenvalue weighted by atomic mass is 10.2. The maximum Gasteiger partial charge on any atom is 0.267 e. The molecular formula is C27H20ClN7OS. The SMILES string of the molecule is CC(Nc1nc(N)ncc1-c1nc2ccccc2s1)c1nc2cccc(Cl)c2c(=O)n1-c1ccccc1. The maximum atomic E-state index is 13.7. The van der Waals surface area contributed by atoms with Crippen LogP contribution in [0.2, 0.25) is 5.02 Å². The Morgan fingerprint density at radius 1 is 0.946 bits per heavy atom. The molecule has 0 aliphatic heterocycles. The number of rotatable bonds is 5. The van der Waals surface area contributed by atoms with Gasteiger partial charge in [-0.3, -0.25) is 9.36 Å². The Morgan fingerprint density at radius 3 is 2.51 bits per heavy atom. The second-order valence-electron chi connectivity index (χ2n) is 8.42. The number of aromatic nitrogens is 5. The Bertz CT molecular complexity index is 1800. The third kappa shape index (κ3) is 4.18. The van der Waals surface area contributed by atoms with Gasteiger partial charge in [0.2, 0.25) is 5.95 Å². The Morgan fingerprint density at radius 2 is 1.70 bits per heavy atom. The number of para-hydroxylation sites is 2. The molecule has 0 saturated carbocycles. The van der Waals surface area contributed by atoms with Crippen LogP contribution in [-0.2, 0) is 0 Å². The molecule has 3 heterocycles. The summed E-state index contributed by atoms with van der Waals surface area (Å²) in [5, 5.41) is 4.89. The molecule has 0 aliphatic rings. The number of nitrogen functional groups attached to an aromatic ring is 1. The molecular weight excluding hydrogens is 506 g/mol. The molecule has 1 unspecified atom stereocenters. The summed E-state index contributed by atoms with van der Waals surface area (Å²) in [6.45, 7) is 1.91. The van der Waals surface area contributed by atoms with E-state index in [9.17, 15) is 4.79 Å². The smallest absolute Gasteiger partial charge is 0.267 e. The standard InChI is InChI=1S/C27H20ClN7OS/c1-15(31-23-17(14-30-27(29)34-23)25-33-19-11-5-6-13-21(19)37-25)24-32-20-12-7-10-18(28)22(20)26(36)35(24)16-8-3-2-4-9-16/h2-15H,1H3,(H3,29,30,31,34). The molecule has 0 bridgehead atoms. The fourth-order valence-electron chi connectivity index (χ4n) is 4.24. The Hall–Kier alpha value is -4.34. The van der Waals surface area contributed by atoms with Crippen LogP contribution in [0.3, 0.4) is 0 Å². The van der Waals surface area contributed by atoms with Crippen molar-refractivity contribution in [3.8, 4) is 16.3 Å². The Kier molecular flexibility index (Phi) is 5.78. The minimum absolute atomic E-state index is 0.123. The lowest BCUT2D eigenvalue weighted by Crippen LogP contribution is -2.27. The van der Waals surface area contributed by atoms with Crippen molar-refractivity contribution < 1.29 is 0 Å². The van der Waals surface area contributed by atoms with Gasteiger partial charge < -0.3 is 11.1 Å². The summed E-state index contributed by atoms with van der Waals surface area (Å²) in [4.78, 5) is 32.0. The molecule has 0 radical (unpaired) electrons. The van der Waals surface area contributed by atoms with Gasteiger partial charge in [-0.15, -0.1) is 11.3 Å². The summed E-state index contributed by atoms with van der Waals surface area (Å²) >= 11 is 7.96. The second kappa shape index (κ2) is 9.27. The van der Waals surface area contributed by atoms with Gasteiger partial charge in [0.1, 0.15) is 16.6 Å². The molecule has 182 valence electrons. The van der Waals surface area contributed by atoms with Crippen molar-refractivity contribution in [1.82, 2.24) is 24.5 Å². The minimum Gasteiger partial charge on any atom is -0.368 e. The molecule has 0 fully saturated rings. The van der Waals surface area contributed by atoms with Crippen molar-refractivity contribution in [3.63, 3.8) is 0 Å². The number of thiazole rings is 1. The van der Waals surface area contributed by atoms with Crippen LogP contribution in [0.25, 0.3) is 37.4 Å². The van der Waals surface area contributed by atoms with Gasteiger partial charge in [0.25, 0.3) is 5.56 Å². The van der Waals surface area contributed by atoms with Crippen LogP contribution in [0.1, 0.15) is 18.8 Å². The second-order valence-corrected chi connectivity index (χ2v) is 9.86. The Balaban J connectivity index is 1.50. The summed E-state index contributed by atoms with van der Waals surface area (Å²) in [6.07, 6.45) is 1.66. The number of nitrogens with zero attached hydrogens (tertiary/aromatic N) is 5. The van der Waals surface area contributed by atoms with E-state index >= 15 is 0 Å². The number of hydrogen-bond acceptors (Lipinski definition) is 8. The number of benzene rings is 3. The summed E-state index contributed by atoms with van der Waals surface area (Å²) in [5.74, 6) is 1.12. The van der Waals surface area contributed by atoms with Gasteiger partial charge in [0, 0.05) is 6.20 Å². The number of anilines is 2. The molecule has 8 nitrogen and oxygen atoms in total. The van der Waals surface area contributed by atoms with Crippen molar-refractivity contribution in [3.05, 3.63) is 100 Å². The summed E-state index contributed by atoms with van der Waals surface area (Å²) in [6, 6.07) is 22.1. The van der Waals surface area contributed by atoms with Crippen LogP contribution in [0, 0.1) is 0 Å². The normalized spacial score (nSPS) is 12.2. The van der Waals surface area contributed by atoms with E-state index in [0.717, 1.165) is 15.2 Å². The van der Waals surface area contributed by atoms with Gasteiger partial charge in [0.05, 0.1) is 43.4 Å². The van der Waals surface area contributed by atoms with Crippen LogP contribution in [0.4, 0.5) is 11.8 Å². The summed E-state index contributed by atoms with van der Waals surface area (Å²) in [7, 11) is 0. The summed E-state index contributed by atoms with van der Waals surface area (Å²) < 4.78 is 2.63. The van der Waals surface area contributed by atoms with E-state index in [1.165, 1.54) is 0 Å². The highest BCUT2D eigenvalue weighted by Gasteiger charge is 2.22. The van der Waals surface area contributed by atoms with Crippen LogP contribution in [0.5, 0.6) is 0 Å². The first-order valence-corrected chi connectivity index (χ1v) is 12.7. The van der Waals surface area contributed by atoms with E-state index in [2.05, 4.69) is 15.3 Å². The van der Waals surface area contributed by atoms with Gasteiger partial charge in [-0.2, -0.15) is 4.98 Å². The van der Waals surface area contributed by atoms with Gasteiger partial charge in [0.15, 0.2) is 0 Å². The van der Waals surface area contributed by atoms with Crippen molar-refractivity contribution in [2.45, 2.75) is 13.0 Å². The molecule has 0 spiro atoms. The van der Waals surface area contributed by atoms with E-state index in [-0.39, 0.29) is 11.5 Å². The lowest BCUT2D eigenvalue weighted by Gasteiger charge is -2.21. The third-order valence-corrected chi connectivity index (χ3v) is 7.34. The highest BCUT2D eigenvalue weighted by molar-refractivity contribution is 7.21. The minimum atomic E-state index is -0.446. The van der Waals surface area contributed by atoms with Crippen LogP contribution >= 0.6 is 22.9 Å². The molecule has 6 rings (SSSR count). The average molecular weight is 526 g/mol. The van der Waals surface area contributed by atoms with Crippen molar-refractivity contribution in [2.75, 3.05) is 11.1 Å². The molecule has 0 amide bonds. The molecule has 0 saturated heterocycles. The molecule has 3 aromatic carbocycles. The highest BCUT2D eigenvalue weighted by atomic mass is 35.5. The fourth-order valence-corrected chi connectivity index (χ4v) is 5.47. The Labute approximate surface area is 220 Å². The van der Waals surface area contributed by atoms with E-state index in [0.29, 0.717) is 38.8 Å². The van der Waals surface area contributed by atoms with E-state index < -0.39 is 6.04 Å². The zero-order valence-electron chi connectivity index (χ0n) is 19.6. The number of nitrogens with one attached hydrogen (secondary N) is 1. The van der Waals surface area contributed by atoms with Gasteiger partial charge in [-0.05, 0) is 43.3 Å². The fraction of sp³-hybridized carbons (Fsp3) is 0.0741. The number of fused-ring (bicyclic) bond motifs is 2. The predicted molar refractivity (Wildman–Crippen MR) is 149 cm³/mol. The third-order valence-electron chi connectivity index (χ3n) is 5.96.